The van der Waals surface area contributed by atoms with E-state index in [-0.39, 0.29) is 0 Å². The summed E-state index contributed by atoms with van der Waals surface area (Å²) in [6.45, 7) is 6.03. The standard InChI is InChI=1S/C18H23ClN2/c1-14(2)20-12-16-9-10-17(19)11-18(16)21(3)13-15-7-5-4-6-8-15/h4-11,14,20H,12-13H2,1-3H3. The molecule has 0 spiro atoms. The van der Waals surface area contributed by atoms with Gasteiger partial charge in [0.15, 0.2) is 0 Å². The lowest BCUT2D eigenvalue weighted by Crippen LogP contribution is -2.24. The average Bonchev–Trinajstić information content (AvgIpc) is 2.46. The zero-order valence-electron chi connectivity index (χ0n) is 12.9. The van der Waals surface area contributed by atoms with Crippen molar-refractivity contribution >= 4 is 17.3 Å². The van der Waals surface area contributed by atoms with Gasteiger partial charge in [0.1, 0.15) is 0 Å². The minimum atomic E-state index is 0.466. The molecular formula is C18H23ClN2. The van der Waals surface area contributed by atoms with E-state index in [4.69, 9.17) is 11.6 Å². The Morgan fingerprint density at radius 3 is 2.48 bits per heavy atom. The third-order valence-corrected chi connectivity index (χ3v) is 3.66. The molecule has 0 bridgehead atoms. The van der Waals surface area contributed by atoms with Gasteiger partial charge in [0, 0.05) is 36.9 Å². The summed E-state index contributed by atoms with van der Waals surface area (Å²) in [7, 11) is 2.11. The maximum atomic E-state index is 6.18. The Labute approximate surface area is 132 Å². The Kier molecular flexibility index (Phi) is 5.66. The summed E-state index contributed by atoms with van der Waals surface area (Å²) < 4.78 is 0. The van der Waals surface area contributed by atoms with E-state index in [0.29, 0.717) is 6.04 Å². The maximum absolute atomic E-state index is 6.18. The molecule has 0 fully saturated rings. The van der Waals surface area contributed by atoms with E-state index < -0.39 is 0 Å². The van der Waals surface area contributed by atoms with Crippen LogP contribution in [0.25, 0.3) is 0 Å². The molecule has 0 radical (unpaired) electrons. The molecule has 1 N–H and O–H groups in total. The lowest BCUT2D eigenvalue weighted by molar-refractivity contribution is 0.588. The number of rotatable bonds is 6. The highest BCUT2D eigenvalue weighted by atomic mass is 35.5. The molecule has 0 aliphatic carbocycles. The summed E-state index contributed by atoms with van der Waals surface area (Å²) in [6.07, 6.45) is 0. The van der Waals surface area contributed by atoms with E-state index in [2.05, 4.69) is 61.4 Å². The average molecular weight is 303 g/mol. The van der Waals surface area contributed by atoms with Crippen molar-refractivity contribution in [2.24, 2.45) is 0 Å². The van der Waals surface area contributed by atoms with Gasteiger partial charge in [-0.1, -0.05) is 61.8 Å². The van der Waals surface area contributed by atoms with E-state index in [1.54, 1.807) is 0 Å². The Balaban J connectivity index is 2.18. The zero-order valence-corrected chi connectivity index (χ0v) is 13.7. The summed E-state index contributed by atoms with van der Waals surface area (Å²) in [5.74, 6) is 0. The first-order valence-corrected chi connectivity index (χ1v) is 7.71. The van der Waals surface area contributed by atoms with Gasteiger partial charge in [-0.3, -0.25) is 0 Å². The predicted octanol–water partition coefficient (Wildman–Crippen LogP) is 4.47. The van der Waals surface area contributed by atoms with Crippen LogP contribution in [0.2, 0.25) is 5.02 Å². The lowest BCUT2D eigenvalue weighted by Gasteiger charge is -2.23. The van der Waals surface area contributed by atoms with Crippen LogP contribution in [0.5, 0.6) is 0 Å². The monoisotopic (exact) mass is 302 g/mol. The van der Waals surface area contributed by atoms with Crippen LogP contribution >= 0.6 is 11.6 Å². The van der Waals surface area contributed by atoms with Crippen molar-refractivity contribution in [1.29, 1.82) is 0 Å². The van der Waals surface area contributed by atoms with Crippen LogP contribution in [0.15, 0.2) is 48.5 Å². The molecule has 0 heterocycles. The summed E-state index contributed by atoms with van der Waals surface area (Å²) >= 11 is 6.18. The summed E-state index contributed by atoms with van der Waals surface area (Å²) in [4.78, 5) is 2.25. The molecule has 0 saturated heterocycles. The largest absolute Gasteiger partial charge is 0.370 e. The second-order valence-corrected chi connectivity index (χ2v) is 6.09. The van der Waals surface area contributed by atoms with Crippen molar-refractivity contribution in [3.8, 4) is 0 Å². The molecule has 0 aliphatic heterocycles. The van der Waals surface area contributed by atoms with Crippen molar-refractivity contribution in [3.05, 3.63) is 64.7 Å². The fourth-order valence-corrected chi connectivity index (χ4v) is 2.46. The molecule has 3 heteroatoms. The Bertz CT molecular complexity index is 567. The molecule has 0 unspecified atom stereocenters. The van der Waals surface area contributed by atoms with E-state index >= 15 is 0 Å². The van der Waals surface area contributed by atoms with Crippen molar-refractivity contribution in [1.82, 2.24) is 5.32 Å². The molecule has 21 heavy (non-hydrogen) atoms. The summed E-state index contributed by atoms with van der Waals surface area (Å²) in [5.41, 5.74) is 3.74. The van der Waals surface area contributed by atoms with E-state index in [1.165, 1.54) is 16.8 Å². The molecule has 2 nitrogen and oxygen atoms in total. The minimum absolute atomic E-state index is 0.466. The molecule has 2 aromatic rings. The van der Waals surface area contributed by atoms with Gasteiger partial charge in [-0.25, -0.2) is 0 Å². The molecule has 0 amide bonds. The lowest BCUT2D eigenvalue weighted by atomic mass is 10.1. The van der Waals surface area contributed by atoms with Gasteiger partial charge in [-0.05, 0) is 23.3 Å². The van der Waals surface area contributed by atoms with Gasteiger partial charge in [0.05, 0.1) is 0 Å². The fraction of sp³-hybridized carbons (Fsp3) is 0.333. The number of hydrogen-bond donors (Lipinski definition) is 1. The number of benzene rings is 2. The van der Waals surface area contributed by atoms with E-state index in [1.807, 2.05) is 18.2 Å². The summed E-state index contributed by atoms with van der Waals surface area (Å²) in [5, 5.41) is 4.25. The number of nitrogens with one attached hydrogen (secondary N) is 1. The van der Waals surface area contributed by atoms with Gasteiger partial charge in [-0.2, -0.15) is 0 Å². The van der Waals surface area contributed by atoms with E-state index in [9.17, 15) is 0 Å². The van der Waals surface area contributed by atoms with Gasteiger partial charge in [0.2, 0.25) is 0 Å². The molecule has 0 atom stereocenters. The number of halogens is 1. The first-order chi connectivity index (χ1) is 10.1. The first-order valence-electron chi connectivity index (χ1n) is 7.33. The van der Waals surface area contributed by atoms with Crippen LogP contribution in [0, 0.1) is 0 Å². The second-order valence-electron chi connectivity index (χ2n) is 5.65. The first kappa shape index (κ1) is 15.9. The van der Waals surface area contributed by atoms with Gasteiger partial charge < -0.3 is 10.2 Å². The number of anilines is 1. The van der Waals surface area contributed by atoms with Crippen molar-refractivity contribution in [2.45, 2.75) is 33.0 Å². The summed E-state index contributed by atoms with van der Waals surface area (Å²) in [6, 6.07) is 17.0. The maximum Gasteiger partial charge on any atom is 0.0427 e. The fourth-order valence-electron chi connectivity index (χ4n) is 2.30. The van der Waals surface area contributed by atoms with Gasteiger partial charge >= 0.3 is 0 Å². The van der Waals surface area contributed by atoms with Gasteiger partial charge in [-0.15, -0.1) is 0 Å². The third kappa shape index (κ3) is 4.76. The highest BCUT2D eigenvalue weighted by Crippen LogP contribution is 2.25. The SMILES string of the molecule is CC(C)NCc1ccc(Cl)cc1N(C)Cc1ccccc1. The highest BCUT2D eigenvalue weighted by molar-refractivity contribution is 6.30. The smallest absolute Gasteiger partial charge is 0.0427 e. The van der Waals surface area contributed by atoms with Crippen molar-refractivity contribution in [2.75, 3.05) is 11.9 Å². The van der Waals surface area contributed by atoms with Crippen molar-refractivity contribution < 1.29 is 0 Å². The zero-order chi connectivity index (χ0) is 15.2. The molecule has 2 aromatic carbocycles. The second kappa shape index (κ2) is 7.48. The Hall–Kier alpha value is -1.51. The predicted molar refractivity (Wildman–Crippen MR) is 92.0 cm³/mol. The van der Waals surface area contributed by atoms with E-state index in [0.717, 1.165) is 18.1 Å². The molecule has 2 rings (SSSR count). The molecular weight excluding hydrogens is 280 g/mol. The Morgan fingerprint density at radius 1 is 1.10 bits per heavy atom. The normalized spacial score (nSPS) is 10.9. The Morgan fingerprint density at radius 2 is 1.81 bits per heavy atom. The molecule has 0 saturated carbocycles. The van der Waals surface area contributed by atoms with Gasteiger partial charge in [0.25, 0.3) is 0 Å². The third-order valence-electron chi connectivity index (χ3n) is 3.42. The number of hydrogen-bond acceptors (Lipinski definition) is 2. The van der Waals surface area contributed by atoms with Crippen LogP contribution in [0.1, 0.15) is 25.0 Å². The molecule has 0 aromatic heterocycles. The molecule has 0 aliphatic rings. The molecule has 112 valence electrons. The van der Waals surface area contributed by atoms with Crippen LogP contribution in [0.4, 0.5) is 5.69 Å². The quantitative estimate of drug-likeness (QED) is 0.846. The van der Waals surface area contributed by atoms with Crippen LogP contribution < -0.4 is 10.2 Å². The highest BCUT2D eigenvalue weighted by Gasteiger charge is 2.09. The topological polar surface area (TPSA) is 15.3 Å². The minimum Gasteiger partial charge on any atom is -0.370 e. The van der Waals surface area contributed by atoms with Crippen molar-refractivity contribution in [3.63, 3.8) is 0 Å². The van der Waals surface area contributed by atoms with Crippen LogP contribution in [0.3, 0.4) is 0 Å². The number of nitrogens with zero attached hydrogens (tertiary/aromatic N) is 1. The van der Waals surface area contributed by atoms with Crippen LogP contribution in [-0.4, -0.2) is 13.1 Å². The van der Waals surface area contributed by atoms with Crippen LogP contribution in [-0.2, 0) is 13.1 Å².